The molecule has 2 heteroatoms. The van der Waals surface area contributed by atoms with Gasteiger partial charge in [-0.05, 0) is 18.3 Å². The Morgan fingerprint density at radius 3 is 3.00 bits per heavy atom. The highest BCUT2D eigenvalue weighted by molar-refractivity contribution is 5.75. The van der Waals surface area contributed by atoms with E-state index in [-0.39, 0.29) is 11.9 Å². The first-order chi connectivity index (χ1) is 5.74. The lowest BCUT2D eigenvalue weighted by molar-refractivity contribution is -0.142. The molecular weight excluding hydrogens is 152 g/mol. The van der Waals surface area contributed by atoms with Crippen LogP contribution in [0.1, 0.15) is 26.7 Å². The van der Waals surface area contributed by atoms with Gasteiger partial charge in [0, 0.05) is 5.92 Å². The molecule has 2 nitrogen and oxygen atoms in total. The van der Waals surface area contributed by atoms with Gasteiger partial charge in [-0.3, -0.25) is 4.79 Å². The zero-order chi connectivity index (χ0) is 8.72. The van der Waals surface area contributed by atoms with Crippen LogP contribution in [0.2, 0.25) is 0 Å². The number of ether oxygens (including phenoxy) is 1. The maximum absolute atomic E-state index is 11.3. The van der Waals surface area contributed by atoms with Gasteiger partial charge in [0.05, 0.1) is 12.5 Å². The molecule has 4 atom stereocenters. The zero-order valence-electron chi connectivity index (χ0n) is 7.75. The van der Waals surface area contributed by atoms with E-state index in [1.165, 1.54) is 6.42 Å². The van der Waals surface area contributed by atoms with Gasteiger partial charge >= 0.3 is 5.97 Å². The van der Waals surface area contributed by atoms with Gasteiger partial charge in [-0.15, -0.1) is 0 Å². The first-order valence-corrected chi connectivity index (χ1v) is 4.90. The summed E-state index contributed by atoms with van der Waals surface area (Å²) in [5, 5.41) is 0. The van der Waals surface area contributed by atoms with Crippen molar-refractivity contribution in [3.63, 3.8) is 0 Å². The molecule has 2 rings (SSSR count). The highest BCUT2D eigenvalue weighted by atomic mass is 16.5. The Labute approximate surface area is 73.3 Å². The second-order valence-electron chi connectivity index (χ2n) is 4.20. The van der Waals surface area contributed by atoms with Crippen LogP contribution in [-0.2, 0) is 9.53 Å². The molecule has 1 aliphatic carbocycles. The Kier molecular flexibility index (Phi) is 1.85. The molecule has 1 saturated carbocycles. The maximum Gasteiger partial charge on any atom is 0.309 e. The lowest BCUT2D eigenvalue weighted by Crippen LogP contribution is -2.18. The van der Waals surface area contributed by atoms with Crippen molar-refractivity contribution in [2.75, 3.05) is 6.61 Å². The fourth-order valence-electron chi connectivity index (χ4n) is 2.83. The van der Waals surface area contributed by atoms with E-state index in [2.05, 4.69) is 13.8 Å². The summed E-state index contributed by atoms with van der Waals surface area (Å²) in [4.78, 5) is 11.3. The molecule has 0 bridgehead atoms. The molecule has 0 aromatic rings. The number of rotatable bonds is 1. The molecule has 12 heavy (non-hydrogen) atoms. The van der Waals surface area contributed by atoms with E-state index < -0.39 is 0 Å². The number of carbonyl (C=O) groups excluding carboxylic acids is 1. The van der Waals surface area contributed by atoms with Gasteiger partial charge in [0.15, 0.2) is 0 Å². The number of carbonyl (C=O) groups is 1. The minimum atomic E-state index is 0.0659. The van der Waals surface area contributed by atoms with Gasteiger partial charge in [-0.2, -0.15) is 0 Å². The molecule has 0 amide bonds. The van der Waals surface area contributed by atoms with Crippen molar-refractivity contribution in [1.29, 1.82) is 0 Å². The van der Waals surface area contributed by atoms with Gasteiger partial charge in [0.1, 0.15) is 0 Å². The number of cyclic esters (lactones) is 1. The van der Waals surface area contributed by atoms with Gasteiger partial charge in [0.25, 0.3) is 0 Å². The Balaban J connectivity index is 2.18. The third-order valence-corrected chi connectivity index (χ3v) is 3.59. The van der Waals surface area contributed by atoms with Crippen molar-refractivity contribution in [2.45, 2.75) is 26.7 Å². The summed E-state index contributed by atoms with van der Waals surface area (Å²) in [5.74, 6) is 2.12. The Bertz CT molecular complexity index is 200. The first-order valence-electron chi connectivity index (χ1n) is 4.90. The molecule has 0 radical (unpaired) electrons. The molecule has 2 fully saturated rings. The van der Waals surface area contributed by atoms with Gasteiger partial charge in [0.2, 0.25) is 0 Å². The van der Waals surface area contributed by atoms with E-state index in [0.29, 0.717) is 24.4 Å². The van der Waals surface area contributed by atoms with E-state index in [9.17, 15) is 4.79 Å². The Morgan fingerprint density at radius 1 is 1.58 bits per heavy atom. The van der Waals surface area contributed by atoms with Crippen LogP contribution in [0.5, 0.6) is 0 Å². The first kappa shape index (κ1) is 8.09. The zero-order valence-corrected chi connectivity index (χ0v) is 7.75. The van der Waals surface area contributed by atoms with E-state index in [0.717, 1.165) is 6.42 Å². The SMILES string of the molecule is CCC1C[C@H](C)C2COC(=O)C12. The molecule has 3 unspecified atom stereocenters. The quantitative estimate of drug-likeness (QED) is 0.558. The number of esters is 1. The lowest BCUT2D eigenvalue weighted by Gasteiger charge is -2.11. The topological polar surface area (TPSA) is 26.3 Å². The monoisotopic (exact) mass is 168 g/mol. The average Bonchev–Trinajstić information content (AvgIpc) is 2.56. The smallest absolute Gasteiger partial charge is 0.309 e. The van der Waals surface area contributed by atoms with Gasteiger partial charge in [-0.1, -0.05) is 20.3 Å². The van der Waals surface area contributed by atoms with Crippen LogP contribution in [0.3, 0.4) is 0 Å². The molecule has 2 aliphatic rings. The minimum absolute atomic E-state index is 0.0659. The van der Waals surface area contributed by atoms with E-state index in [4.69, 9.17) is 4.74 Å². The van der Waals surface area contributed by atoms with Crippen LogP contribution < -0.4 is 0 Å². The summed E-state index contributed by atoms with van der Waals surface area (Å²) in [7, 11) is 0. The van der Waals surface area contributed by atoms with E-state index >= 15 is 0 Å². The van der Waals surface area contributed by atoms with Crippen LogP contribution in [-0.4, -0.2) is 12.6 Å². The summed E-state index contributed by atoms with van der Waals surface area (Å²) in [6, 6.07) is 0. The summed E-state index contributed by atoms with van der Waals surface area (Å²) in [6.45, 7) is 5.10. The van der Waals surface area contributed by atoms with Crippen molar-refractivity contribution in [1.82, 2.24) is 0 Å². The molecule has 68 valence electrons. The van der Waals surface area contributed by atoms with Crippen molar-refractivity contribution in [3.05, 3.63) is 0 Å². The van der Waals surface area contributed by atoms with Crippen LogP contribution >= 0.6 is 0 Å². The van der Waals surface area contributed by atoms with Crippen LogP contribution in [0.4, 0.5) is 0 Å². The van der Waals surface area contributed by atoms with Crippen molar-refractivity contribution < 1.29 is 9.53 Å². The normalized spacial score (nSPS) is 46.0. The van der Waals surface area contributed by atoms with E-state index in [1.807, 2.05) is 0 Å². The predicted molar refractivity (Wildman–Crippen MR) is 45.5 cm³/mol. The third kappa shape index (κ3) is 0.970. The number of fused-ring (bicyclic) bond motifs is 1. The molecule has 0 N–H and O–H groups in total. The molecule has 0 spiro atoms. The van der Waals surface area contributed by atoms with Crippen molar-refractivity contribution >= 4 is 5.97 Å². The molecule has 1 aliphatic heterocycles. The molecule has 0 aromatic heterocycles. The fourth-order valence-corrected chi connectivity index (χ4v) is 2.83. The van der Waals surface area contributed by atoms with Crippen molar-refractivity contribution in [2.24, 2.45) is 23.7 Å². The maximum atomic E-state index is 11.3. The summed E-state index contributed by atoms with van der Waals surface area (Å²) >= 11 is 0. The Hall–Kier alpha value is -0.530. The standard InChI is InChI=1S/C10H16O2/c1-3-7-4-6(2)8-5-12-10(11)9(7)8/h6-9H,3-5H2,1-2H3/t6-,7?,8?,9?/m0/s1. The van der Waals surface area contributed by atoms with Gasteiger partial charge in [-0.25, -0.2) is 0 Å². The highest BCUT2D eigenvalue weighted by Crippen LogP contribution is 2.46. The largest absolute Gasteiger partial charge is 0.465 e. The second-order valence-corrected chi connectivity index (χ2v) is 4.20. The molecule has 1 saturated heterocycles. The Morgan fingerprint density at radius 2 is 2.33 bits per heavy atom. The summed E-state index contributed by atoms with van der Waals surface area (Å²) < 4.78 is 5.08. The predicted octanol–water partition coefficient (Wildman–Crippen LogP) is 1.84. The van der Waals surface area contributed by atoms with Crippen molar-refractivity contribution in [3.8, 4) is 0 Å². The van der Waals surface area contributed by atoms with Crippen LogP contribution in [0.15, 0.2) is 0 Å². The third-order valence-electron chi connectivity index (χ3n) is 3.59. The average molecular weight is 168 g/mol. The fraction of sp³-hybridized carbons (Fsp3) is 0.900. The minimum Gasteiger partial charge on any atom is -0.465 e. The molecule has 1 heterocycles. The lowest BCUT2D eigenvalue weighted by atomic mass is 9.89. The highest BCUT2D eigenvalue weighted by Gasteiger charge is 2.49. The number of hydrogen-bond donors (Lipinski definition) is 0. The van der Waals surface area contributed by atoms with Crippen LogP contribution in [0.25, 0.3) is 0 Å². The number of hydrogen-bond acceptors (Lipinski definition) is 2. The van der Waals surface area contributed by atoms with E-state index in [1.54, 1.807) is 0 Å². The summed E-state index contributed by atoms with van der Waals surface area (Å²) in [6.07, 6.45) is 2.35. The second kappa shape index (κ2) is 2.75. The molecule has 0 aromatic carbocycles. The van der Waals surface area contributed by atoms with Gasteiger partial charge < -0.3 is 4.74 Å². The summed E-state index contributed by atoms with van der Waals surface area (Å²) in [5.41, 5.74) is 0. The molecular formula is C10H16O2. The van der Waals surface area contributed by atoms with Crippen LogP contribution in [0, 0.1) is 23.7 Å².